The fraction of sp³-hybridized carbons (Fsp3) is 0.273. The second kappa shape index (κ2) is 13.9. The minimum absolute atomic E-state index is 0.00607. The van der Waals surface area contributed by atoms with Crippen LogP contribution in [0.3, 0.4) is 0 Å². The minimum Gasteiger partial charge on any atom is -0.489 e. The number of rotatable bonds is 10. The molecule has 4 N–H and O–H groups in total. The molecule has 0 saturated carbocycles. The van der Waals surface area contributed by atoms with E-state index < -0.39 is 33.7 Å². The van der Waals surface area contributed by atoms with Gasteiger partial charge in [-0.1, -0.05) is 47.6 Å². The summed E-state index contributed by atoms with van der Waals surface area (Å²) in [6.45, 7) is -0.00607. The summed E-state index contributed by atoms with van der Waals surface area (Å²) >= 11 is 7.01. The Hall–Kier alpha value is -3.17. The Morgan fingerprint density at radius 2 is 1.73 bits per heavy atom. The fourth-order valence-electron chi connectivity index (χ4n) is 2.97. The normalized spacial score (nSPS) is 15.7. The van der Waals surface area contributed by atoms with Gasteiger partial charge in [0.05, 0.1) is 18.1 Å². The van der Waals surface area contributed by atoms with Gasteiger partial charge in [0, 0.05) is 5.02 Å². The molecule has 1 aliphatic heterocycles. The van der Waals surface area contributed by atoms with Crippen molar-refractivity contribution in [2.24, 2.45) is 0 Å². The number of imide groups is 1. The van der Waals surface area contributed by atoms with Crippen molar-refractivity contribution in [3.63, 3.8) is 0 Å². The highest BCUT2D eigenvalue weighted by Crippen LogP contribution is 2.26. The van der Waals surface area contributed by atoms with Crippen molar-refractivity contribution in [2.45, 2.75) is 30.6 Å². The van der Waals surface area contributed by atoms with E-state index >= 15 is 0 Å². The molecular weight excluding hydrogens is 554 g/mol. The lowest BCUT2D eigenvalue weighted by Crippen LogP contribution is -2.25. The van der Waals surface area contributed by atoms with Crippen molar-refractivity contribution in [1.29, 1.82) is 0 Å². The van der Waals surface area contributed by atoms with Gasteiger partial charge in [-0.05, 0) is 41.8 Å². The summed E-state index contributed by atoms with van der Waals surface area (Å²) < 4.78 is 42.8. The summed E-state index contributed by atoms with van der Waals surface area (Å²) in [5.74, 6) is -1.52. The van der Waals surface area contributed by atoms with Crippen molar-refractivity contribution in [1.82, 2.24) is 5.32 Å². The lowest BCUT2D eigenvalue weighted by molar-refractivity contribution is -0.153. The van der Waals surface area contributed by atoms with Crippen molar-refractivity contribution in [3.8, 4) is 5.75 Å². The SMILES string of the molecule is O=C(O)CCC(=O)O[C@H](COc1ccc(CC2SC(=O)NC2=O)cc1)c1cccc(Cl)c1.O=S(=O)(O)O. The van der Waals surface area contributed by atoms with Crippen LogP contribution in [0.15, 0.2) is 48.5 Å². The summed E-state index contributed by atoms with van der Waals surface area (Å²) in [7, 11) is -4.67. The lowest BCUT2D eigenvalue weighted by atomic mass is 10.1. The fourth-order valence-corrected chi connectivity index (χ4v) is 4.03. The maximum Gasteiger partial charge on any atom is 0.394 e. The van der Waals surface area contributed by atoms with Crippen molar-refractivity contribution in [3.05, 3.63) is 64.7 Å². The Balaban J connectivity index is 0.000000877. The first-order valence-corrected chi connectivity index (χ1v) is 13.1. The first kappa shape index (κ1) is 30.1. The molecule has 1 unspecified atom stereocenters. The van der Waals surface area contributed by atoms with Crippen molar-refractivity contribution in [2.75, 3.05) is 6.61 Å². The van der Waals surface area contributed by atoms with Gasteiger partial charge in [-0.15, -0.1) is 0 Å². The Kier molecular flexibility index (Phi) is 11.3. The topological polar surface area (TPSA) is 194 Å². The van der Waals surface area contributed by atoms with Crippen LogP contribution >= 0.6 is 23.4 Å². The number of carboxylic acid groups (broad SMARTS) is 1. The Morgan fingerprint density at radius 3 is 2.27 bits per heavy atom. The van der Waals surface area contributed by atoms with Crippen LogP contribution in [-0.2, 0) is 35.9 Å². The Morgan fingerprint density at radius 1 is 1.08 bits per heavy atom. The number of carbonyl (C=O) groups is 4. The number of thioether (sulfide) groups is 1. The molecule has 0 spiro atoms. The number of benzene rings is 2. The molecule has 3 rings (SSSR count). The van der Waals surface area contributed by atoms with Gasteiger partial charge in [0.15, 0.2) is 6.10 Å². The van der Waals surface area contributed by atoms with E-state index in [1.54, 1.807) is 48.5 Å². The van der Waals surface area contributed by atoms with Crippen LogP contribution in [0.1, 0.15) is 30.1 Å². The van der Waals surface area contributed by atoms with Gasteiger partial charge in [-0.2, -0.15) is 8.42 Å². The van der Waals surface area contributed by atoms with Gasteiger partial charge in [0.1, 0.15) is 12.4 Å². The Bertz CT molecular complexity index is 1230. The van der Waals surface area contributed by atoms with Crippen LogP contribution < -0.4 is 10.1 Å². The lowest BCUT2D eigenvalue weighted by Gasteiger charge is -2.19. The van der Waals surface area contributed by atoms with E-state index in [0.29, 0.717) is 22.8 Å². The van der Waals surface area contributed by atoms with Gasteiger partial charge in [-0.3, -0.25) is 33.6 Å². The first-order chi connectivity index (χ1) is 17.3. The highest BCUT2D eigenvalue weighted by molar-refractivity contribution is 8.15. The average molecular weight is 576 g/mol. The van der Waals surface area contributed by atoms with E-state index in [1.807, 2.05) is 0 Å². The maximum absolute atomic E-state index is 12.1. The number of nitrogens with one attached hydrogen (secondary N) is 1. The van der Waals surface area contributed by atoms with Gasteiger partial charge >= 0.3 is 22.3 Å². The number of aliphatic carboxylic acids is 1. The molecular formula is C22H22ClNO11S2. The third-order valence-electron chi connectivity index (χ3n) is 4.55. The predicted octanol–water partition coefficient (Wildman–Crippen LogP) is 3.11. The molecule has 0 bridgehead atoms. The van der Waals surface area contributed by atoms with E-state index in [0.717, 1.165) is 17.3 Å². The molecule has 0 aromatic heterocycles. The molecule has 1 heterocycles. The number of amides is 2. The van der Waals surface area contributed by atoms with Crippen molar-refractivity contribution >= 4 is 56.8 Å². The van der Waals surface area contributed by atoms with Gasteiger partial charge in [0.25, 0.3) is 5.24 Å². The summed E-state index contributed by atoms with van der Waals surface area (Å²) in [4.78, 5) is 45.7. The van der Waals surface area contributed by atoms with Crippen LogP contribution in [0.25, 0.3) is 0 Å². The molecule has 2 amide bonds. The molecule has 0 radical (unpaired) electrons. The summed E-state index contributed by atoms with van der Waals surface area (Å²) in [6.07, 6.45) is -0.948. The van der Waals surface area contributed by atoms with E-state index in [9.17, 15) is 19.2 Å². The van der Waals surface area contributed by atoms with E-state index in [4.69, 9.17) is 43.7 Å². The summed E-state index contributed by atoms with van der Waals surface area (Å²) in [5.41, 5.74) is 1.48. The number of carbonyl (C=O) groups excluding carboxylic acids is 3. The molecule has 0 aliphatic carbocycles. The first-order valence-electron chi connectivity index (χ1n) is 10.4. The molecule has 1 fully saturated rings. The van der Waals surface area contributed by atoms with E-state index in [2.05, 4.69) is 5.32 Å². The second-order valence-corrected chi connectivity index (χ2v) is 9.92. The van der Waals surface area contributed by atoms with Crippen molar-refractivity contribution < 1.29 is 51.3 Å². The standard InChI is InChI=1S/C22H20ClNO7S.H2O4S/c23-15-3-1-2-14(11-15)17(31-20(27)9-8-19(25)26)12-30-16-6-4-13(5-7-16)10-18-21(28)24-22(29)32-18;1-5(2,3)4/h1-7,11,17-18H,8-10,12H2,(H,25,26)(H,24,28,29);(H2,1,2,3,4)/t17-,18?;/m1./s1. The number of carboxylic acids is 1. The Labute approximate surface area is 220 Å². The zero-order valence-electron chi connectivity index (χ0n) is 18.9. The van der Waals surface area contributed by atoms with Crippen LogP contribution in [0, 0.1) is 0 Å². The van der Waals surface area contributed by atoms with Crippen LogP contribution in [-0.4, -0.2) is 57.6 Å². The number of esters is 1. The molecule has 37 heavy (non-hydrogen) atoms. The van der Waals surface area contributed by atoms with Gasteiger partial charge < -0.3 is 14.6 Å². The number of ether oxygens (including phenoxy) is 2. The van der Waals surface area contributed by atoms with Crippen LogP contribution in [0.4, 0.5) is 4.79 Å². The third-order valence-corrected chi connectivity index (χ3v) is 5.77. The number of hydrogen-bond donors (Lipinski definition) is 4. The monoisotopic (exact) mass is 575 g/mol. The van der Waals surface area contributed by atoms with E-state index in [-0.39, 0.29) is 30.6 Å². The predicted molar refractivity (Wildman–Crippen MR) is 132 cm³/mol. The molecule has 2 aromatic carbocycles. The maximum atomic E-state index is 12.1. The van der Waals surface area contributed by atoms with Gasteiger partial charge in [-0.25, -0.2) is 0 Å². The highest BCUT2D eigenvalue weighted by atomic mass is 35.5. The molecule has 2 atom stereocenters. The molecule has 1 aliphatic rings. The largest absolute Gasteiger partial charge is 0.489 e. The highest BCUT2D eigenvalue weighted by Gasteiger charge is 2.31. The minimum atomic E-state index is -4.67. The molecule has 15 heteroatoms. The zero-order valence-corrected chi connectivity index (χ0v) is 21.3. The summed E-state index contributed by atoms with van der Waals surface area (Å²) in [6, 6.07) is 13.8. The quantitative estimate of drug-likeness (QED) is 0.239. The van der Waals surface area contributed by atoms with Crippen LogP contribution in [0.5, 0.6) is 5.75 Å². The third kappa shape index (κ3) is 12.1. The van der Waals surface area contributed by atoms with Gasteiger partial charge in [0.2, 0.25) is 5.91 Å². The second-order valence-electron chi connectivity index (χ2n) is 7.42. The zero-order chi connectivity index (χ0) is 27.6. The number of hydrogen-bond acceptors (Lipinski definition) is 9. The van der Waals surface area contributed by atoms with E-state index in [1.165, 1.54) is 0 Å². The summed E-state index contributed by atoms with van der Waals surface area (Å²) in [5, 5.41) is 10.7. The number of halogens is 1. The molecule has 12 nitrogen and oxygen atoms in total. The average Bonchev–Trinajstić information content (AvgIpc) is 3.11. The van der Waals surface area contributed by atoms with Crippen LogP contribution in [0.2, 0.25) is 5.02 Å². The molecule has 2 aromatic rings. The molecule has 1 saturated heterocycles. The smallest absolute Gasteiger partial charge is 0.394 e. The molecule has 200 valence electrons.